The molecular weight excluding hydrogens is 467 g/mol. The van der Waals surface area contributed by atoms with Gasteiger partial charge in [0.05, 0.1) is 29.4 Å². The van der Waals surface area contributed by atoms with Crippen LogP contribution in [-0.4, -0.2) is 38.7 Å². The number of hydrogen-bond donors (Lipinski definition) is 1. The van der Waals surface area contributed by atoms with Crippen LogP contribution in [0.15, 0.2) is 60.7 Å². The van der Waals surface area contributed by atoms with Crippen molar-refractivity contribution in [1.82, 2.24) is 0 Å². The van der Waals surface area contributed by atoms with Crippen LogP contribution < -0.4 is 24.4 Å². The van der Waals surface area contributed by atoms with E-state index in [2.05, 4.69) is 5.32 Å². The quantitative estimate of drug-likeness (QED) is 0.504. The van der Waals surface area contributed by atoms with E-state index in [0.29, 0.717) is 40.0 Å². The largest absolute Gasteiger partial charge is 0.497 e. The van der Waals surface area contributed by atoms with Gasteiger partial charge >= 0.3 is 0 Å². The third kappa shape index (κ3) is 5.32. The summed E-state index contributed by atoms with van der Waals surface area (Å²) < 4.78 is 16.4. The highest BCUT2D eigenvalue weighted by molar-refractivity contribution is 6.42. The number of anilines is 2. The van der Waals surface area contributed by atoms with E-state index in [1.54, 1.807) is 66.6 Å². The number of hydrogen-bond acceptors (Lipinski definition) is 5. The molecule has 0 aliphatic carbocycles. The van der Waals surface area contributed by atoms with E-state index in [-0.39, 0.29) is 30.1 Å². The average Bonchev–Trinajstić information content (AvgIpc) is 2.82. The lowest BCUT2D eigenvalue weighted by atomic mass is 10.1. The minimum Gasteiger partial charge on any atom is -0.497 e. The number of methoxy groups -OCH3 is 1. The topological polar surface area (TPSA) is 77.1 Å². The number of carbonyl (C=O) groups excluding carboxylic acids is 2. The van der Waals surface area contributed by atoms with E-state index >= 15 is 0 Å². The number of halogens is 2. The van der Waals surface area contributed by atoms with Crippen LogP contribution in [0, 0.1) is 0 Å². The zero-order chi connectivity index (χ0) is 23.4. The van der Waals surface area contributed by atoms with Crippen molar-refractivity contribution in [2.45, 2.75) is 0 Å². The Morgan fingerprint density at radius 3 is 2.52 bits per heavy atom. The first-order valence-electron chi connectivity index (χ1n) is 10.0. The molecule has 0 radical (unpaired) electrons. The monoisotopic (exact) mass is 486 g/mol. The predicted octanol–water partition coefficient (Wildman–Crippen LogP) is 5.06. The highest BCUT2D eigenvalue weighted by atomic mass is 35.5. The lowest BCUT2D eigenvalue weighted by molar-refractivity contribution is -0.121. The highest BCUT2D eigenvalue weighted by Crippen LogP contribution is 2.35. The zero-order valence-electron chi connectivity index (χ0n) is 17.6. The summed E-state index contributed by atoms with van der Waals surface area (Å²) in [6.45, 7) is 0.521. The summed E-state index contributed by atoms with van der Waals surface area (Å²) in [4.78, 5) is 26.7. The number of fused-ring (bicyclic) bond motifs is 1. The van der Waals surface area contributed by atoms with Crippen LogP contribution in [0.2, 0.25) is 10.0 Å². The van der Waals surface area contributed by atoms with Gasteiger partial charge in [-0.25, -0.2) is 0 Å². The Hall–Kier alpha value is -3.42. The fraction of sp³-hybridized carbons (Fsp3) is 0.167. The summed E-state index contributed by atoms with van der Waals surface area (Å²) >= 11 is 11.9. The van der Waals surface area contributed by atoms with Gasteiger partial charge in [0, 0.05) is 11.3 Å². The standard InChI is InChI=1S/C24H20Cl2N2O5/c1-31-17-4-6-18(7-5-17)32-11-10-28-21-13-16(3-9-22(21)33-14-23(28)29)27-24(30)15-2-8-19(25)20(26)12-15/h2-9,12-13H,10-11,14H2,1H3,(H,27,30). The molecule has 3 aromatic carbocycles. The van der Waals surface area contributed by atoms with Crippen LogP contribution >= 0.6 is 23.2 Å². The average molecular weight is 487 g/mol. The van der Waals surface area contributed by atoms with Crippen molar-refractivity contribution in [3.63, 3.8) is 0 Å². The van der Waals surface area contributed by atoms with Crippen molar-refractivity contribution in [3.05, 3.63) is 76.3 Å². The Kier molecular flexibility index (Phi) is 6.91. The van der Waals surface area contributed by atoms with E-state index in [9.17, 15) is 9.59 Å². The Balaban J connectivity index is 1.46. The van der Waals surface area contributed by atoms with Gasteiger partial charge in [-0.1, -0.05) is 23.2 Å². The molecule has 0 saturated carbocycles. The molecule has 0 atom stereocenters. The Labute approximate surface area is 200 Å². The Morgan fingerprint density at radius 2 is 1.79 bits per heavy atom. The van der Waals surface area contributed by atoms with Crippen molar-refractivity contribution in [1.29, 1.82) is 0 Å². The summed E-state index contributed by atoms with van der Waals surface area (Å²) in [5.41, 5.74) is 1.42. The van der Waals surface area contributed by atoms with Crippen molar-refractivity contribution in [2.24, 2.45) is 0 Å². The minimum atomic E-state index is -0.356. The SMILES string of the molecule is COc1ccc(OCCN2C(=O)COc3ccc(NC(=O)c4ccc(Cl)c(Cl)c4)cc32)cc1. The summed E-state index contributed by atoms with van der Waals surface area (Å²) in [5.74, 6) is 1.39. The summed E-state index contributed by atoms with van der Waals surface area (Å²) in [6.07, 6.45) is 0. The second kappa shape index (κ2) is 10.0. The van der Waals surface area contributed by atoms with Gasteiger partial charge in [-0.2, -0.15) is 0 Å². The maximum Gasteiger partial charge on any atom is 0.265 e. The Morgan fingerprint density at radius 1 is 1.03 bits per heavy atom. The van der Waals surface area contributed by atoms with Gasteiger partial charge in [0.1, 0.15) is 23.9 Å². The van der Waals surface area contributed by atoms with E-state index < -0.39 is 0 Å². The van der Waals surface area contributed by atoms with Crippen LogP contribution in [0.4, 0.5) is 11.4 Å². The van der Waals surface area contributed by atoms with E-state index in [1.165, 1.54) is 6.07 Å². The third-order valence-electron chi connectivity index (χ3n) is 4.98. The molecule has 1 aliphatic rings. The van der Waals surface area contributed by atoms with Gasteiger partial charge in [0.2, 0.25) is 0 Å². The fourth-order valence-corrected chi connectivity index (χ4v) is 3.59. The number of nitrogens with zero attached hydrogens (tertiary/aromatic N) is 1. The minimum absolute atomic E-state index is 0.0650. The van der Waals surface area contributed by atoms with Gasteiger partial charge < -0.3 is 24.4 Å². The predicted molar refractivity (Wildman–Crippen MR) is 127 cm³/mol. The molecule has 3 aromatic rings. The summed E-state index contributed by atoms with van der Waals surface area (Å²) in [5, 5.41) is 3.46. The maximum atomic E-state index is 12.6. The molecule has 0 fully saturated rings. The molecule has 0 saturated heterocycles. The van der Waals surface area contributed by atoms with Crippen molar-refractivity contribution in [2.75, 3.05) is 37.1 Å². The van der Waals surface area contributed by atoms with E-state index in [4.69, 9.17) is 37.4 Å². The first kappa shape index (κ1) is 22.8. The molecule has 0 aromatic heterocycles. The second-order valence-corrected chi connectivity index (χ2v) is 7.94. The van der Waals surface area contributed by atoms with Gasteiger partial charge in [-0.15, -0.1) is 0 Å². The van der Waals surface area contributed by atoms with Gasteiger partial charge in [-0.3, -0.25) is 9.59 Å². The Bertz CT molecular complexity index is 1180. The number of rotatable bonds is 7. The highest BCUT2D eigenvalue weighted by Gasteiger charge is 2.26. The maximum absolute atomic E-state index is 12.6. The molecule has 4 rings (SSSR count). The normalized spacial score (nSPS) is 12.6. The van der Waals surface area contributed by atoms with Gasteiger partial charge in [0.25, 0.3) is 11.8 Å². The van der Waals surface area contributed by atoms with E-state index in [1.807, 2.05) is 0 Å². The molecule has 170 valence electrons. The molecule has 0 spiro atoms. The van der Waals surface area contributed by atoms with Crippen molar-refractivity contribution in [3.8, 4) is 17.2 Å². The van der Waals surface area contributed by atoms with Crippen LogP contribution in [0.5, 0.6) is 17.2 Å². The molecule has 9 heteroatoms. The first-order chi connectivity index (χ1) is 15.9. The molecule has 0 unspecified atom stereocenters. The first-order valence-corrected chi connectivity index (χ1v) is 10.8. The summed E-state index contributed by atoms with van der Waals surface area (Å²) in [7, 11) is 1.60. The smallest absolute Gasteiger partial charge is 0.265 e. The number of benzene rings is 3. The van der Waals surface area contributed by atoms with Crippen LogP contribution in [-0.2, 0) is 4.79 Å². The zero-order valence-corrected chi connectivity index (χ0v) is 19.2. The number of carbonyl (C=O) groups is 2. The molecule has 2 amide bonds. The van der Waals surface area contributed by atoms with Crippen LogP contribution in [0.3, 0.4) is 0 Å². The lowest BCUT2D eigenvalue weighted by Crippen LogP contribution is -2.41. The van der Waals surface area contributed by atoms with Crippen LogP contribution in [0.25, 0.3) is 0 Å². The molecule has 1 aliphatic heterocycles. The summed E-state index contributed by atoms with van der Waals surface area (Å²) in [6, 6.07) is 16.9. The molecule has 1 heterocycles. The van der Waals surface area contributed by atoms with E-state index in [0.717, 1.165) is 5.75 Å². The lowest BCUT2D eigenvalue weighted by Gasteiger charge is -2.29. The molecule has 1 N–H and O–H groups in total. The number of nitrogens with one attached hydrogen (secondary N) is 1. The second-order valence-electron chi connectivity index (χ2n) is 7.12. The molecule has 33 heavy (non-hydrogen) atoms. The number of amides is 2. The van der Waals surface area contributed by atoms with Gasteiger partial charge in [0.15, 0.2) is 6.61 Å². The van der Waals surface area contributed by atoms with Gasteiger partial charge in [-0.05, 0) is 60.7 Å². The van der Waals surface area contributed by atoms with Crippen molar-refractivity contribution < 1.29 is 23.8 Å². The number of ether oxygens (including phenoxy) is 3. The molecular formula is C24H20Cl2N2O5. The fourth-order valence-electron chi connectivity index (χ4n) is 3.29. The van der Waals surface area contributed by atoms with Crippen LogP contribution in [0.1, 0.15) is 10.4 Å². The van der Waals surface area contributed by atoms with Crippen molar-refractivity contribution >= 4 is 46.4 Å². The molecule has 0 bridgehead atoms. The third-order valence-corrected chi connectivity index (χ3v) is 5.72. The molecule has 7 nitrogen and oxygen atoms in total.